The maximum atomic E-state index is 13.2. The Balaban J connectivity index is 1.56. The molecule has 0 spiro atoms. The highest BCUT2D eigenvalue weighted by Crippen LogP contribution is 2.23. The van der Waals surface area contributed by atoms with E-state index in [0.29, 0.717) is 12.8 Å². The van der Waals surface area contributed by atoms with E-state index in [-0.39, 0.29) is 36.4 Å². The van der Waals surface area contributed by atoms with Gasteiger partial charge in [-0.05, 0) is 30.5 Å². The van der Waals surface area contributed by atoms with Crippen LogP contribution >= 0.6 is 0 Å². The Hall–Kier alpha value is -2.32. The lowest BCUT2D eigenvalue weighted by atomic mass is 9.97. The van der Waals surface area contributed by atoms with Gasteiger partial charge in [-0.15, -0.1) is 0 Å². The number of nitrogens with zero attached hydrogens (tertiary/aromatic N) is 1. The van der Waals surface area contributed by atoms with Crippen molar-refractivity contribution in [2.75, 3.05) is 18.4 Å². The second-order valence-electron chi connectivity index (χ2n) is 6.53. The smallest absolute Gasteiger partial charge is 0.227 e. The summed E-state index contributed by atoms with van der Waals surface area (Å²) in [5.41, 5.74) is 0.897. The largest absolute Gasteiger partial charge is 0.326 e. The molecule has 5 nitrogen and oxygen atoms in total. The third kappa shape index (κ3) is 4.90. The molecule has 0 aromatic heterocycles. The van der Waals surface area contributed by atoms with E-state index in [1.807, 2.05) is 6.07 Å². The number of anilines is 1. The highest BCUT2D eigenvalue weighted by Gasteiger charge is 2.31. The Labute approximate surface area is 157 Å². The molecule has 1 N–H and O–H groups in total. The summed E-state index contributed by atoms with van der Waals surface area (Å²) in [6.45, 7) is 0.510. The number of sulfonamides is 1. The molecule has 2 aromatic rings. The number of nitrogens with one attached hydrogen (secondary N) is 1. The molecular weight excluding hydrogens is 374 g/mol. The van der Waals surface area contributed by atoms with Crippen molar-refractivity contribution in [1.82, 2.24) is 4.31 Å². The van der Waals surface area contributed by atoms with Crippen LogP contribution in [0.1, 0.15) is 18.4 Å². The van der Waals surface area contributed by atoms with Gasteiger partial charge in [0.25, 0.3) is 0 Å². The van der Waals surface area contributed by atoms with Gasteiger partial charge >= 0.3 is 0 Å². The molecule has 8 heteroatoms. The molecule has 2 aromatic carbocycles. The van der Waals surface area contributed by atoms with E-state index in [9.17, 15) is 22.0 Å². The number of hydrogen-bond donors (Lipinski definition) is 1. The van der Waals surface area contributed by atoms with E-state index in [2.05, 4.69) is 5.32 Å². The first-order valence-corrected chi connectivity index (χ1v) is 10.2. The summed E-state index contributed by atoms with van der Waals surface area (Å²) in [5.74, 6) is -2.78. The second-order valence-corrected chi connectivity index (χ2v) is 8.50. The summed E-state index contributed by atoms with van der Waals surface area (Å²) in [4.78, 5) is 12.3. The molecule has 0 atom stereocenters. The molecule has 0 radical (unpaired) electrons. The zero-order valence-corrected chi connectivity index (χ0v) is 15.4. The molecule has 1 fully saturated rings. The molecular formula is C19H20F2N2O3S. The minimum absolute atomic E-state index is 0.0699. The van der Waals surface area contributed by atoms with Crippen LogP contribution in [-0.2, 0) is 20.6 Å². The summed E-state index contributed by atoms with van der Waals surface area (Å²) in [6.07, 6.45) is 0.757. The van der Waals surface area contributed by atoms with E-state index in [4.69, 9.17) is 0 Å². The van der Waals surface area contributed by atoms with E-state index in [1.54, 1.807) is 24.3 Å². The van der Waals surface area contributed by atoms with Gasteiger partial charge in [0.15, 0.2) is 11.6 Å². The second kappa shape index (κ2) is 8.14. The molecule has 1 saturated heterocycles. The Morgan fingerprint density at radius 1 is 1.04 bits per heavy atom. The van der Waals surface area contributed by atoms with Crippen molar-refractivity contribution >= 4 is 21.6 Å². The number of piperidine rings is 1. The topological polar surface area (TPSA) is 66.5 Å². The van der Waals surface area contributed by atoms with Gasteiger partial charge in [-0.2, -0.15) is 0 Å². The highest BCUT2D eigenvalue weighted by atomic mass is 32.2. The Bertz CT molecular complexity index is 912. The van der Waals surface area contributed by atoms with Crippen LogP contribution in [-0.4, -0.2) is 31.7 Å². The summed E-state index contributed by atoms with van der Waals surface area (Å²) >= 11 is 0. The van der Waals surface area contributed by atoms with Crippen LogP contribution in [0.25, 0.3) is 0 Å². The SMILES string of the molecule is O=C(Nc1ccc(F)c(F)c1)C1CCN(S(=O)(=O)Cc2ccccc2)CC1. The lowest BCUT2D eigenvalue weighted by Gasteiger charge is -2.30. The predicted molar refractivity (Wildman–Crippen MR) is 98.4 cm³/mol. The average molecular weight is 394 g/mol. The number of benzene rings is 2. The predicted octanol–water partition coefficient (Wildman–Crippen LogP) is 3.15. The Morgan fingerprint density at radius 2 is 1.70 bits per heavy atom. The fourth-order valence-electron chi connectivity index (χ4n) is 3.09. The maximum absolute atomic E-state index is 13.2. The Morgan fingerprint density at radius 3 is 2.33 bits per heavy atom. The van der Waals surface area contributed by atoms with Gasteiger partial charge in [-0.25, -0.2) is 21.5 Å². The standard InChI is InChI=1S/C19H20F2N2O3S/c20-17-7-6-16(12-18(17)21)22-19(24)15-8-10-23(11-9-15)27(25,26)13-14-4-2-1-3-5-14/h1-7,12,15H,8-11,13H2,(H,22,24). The van der Waals surface area contributed by atoms with Crippen molar-refractivity contribution in [2.45, 2.75) is 18.6 Å². The van der Waals surface area contributed by atoms with Crippen molar-refractivity contribution in [3.05, 3.63) is 65.7 Å². The van der Waals surface area contributed by atoms with Crippen molar-refractivity contribution in [3.63, 3.8) is 0 Å². The molecule has 1 amide bonds. The molecule has 0 unspecified atom stereocenters. The van der Waals surface area contributed by atoms with Gasteiger partial charge in [0, 0.05) is 30.8 Å². The molecule has 144 valence electrons. The number of halogens is 2. The van der Waals surface area contributed by atoms with Gasteiger partial charge in [0.05, 0.1) is 5.75 Å². The molecule has 27 heavy (non-hydrogen) atoms. The van der Waals surface area contributed by atoms with Gasteiger partial charge in [0.2, 0.25) is 15.9 Å². The van der Waals surface area contributed by atoms with Crippen LogP contribution in [0.5, 0.6) is 0 Å². The quantitative estimate of drug-likeness (QED) is 0.847. The highest BCUT2D eigenvalue weighted by molar-refractivity contribution is 7.88. The average Bonchev–Trinajstić information content (AvgIpc) is 2.65. The number of hydrogen-bond acceptors (Lipinski definition) is 3. The van der Waals surface area contributed by atoms with Crippen molar-refractivity contribution in [2.24, 2.45) is 5.92 Å². The third-order valence-electron chi connectivity index (χ3n) is 4.60. The third-order valence-corrected chi connectivity index (χ3v) is 6.45. The van der Waals surface area contributed by atoms with Crippen molar-refractivity contribution in [1.29, 1.82) is 0 Å². The first-order chi connectivity index (χ1) is 12.8. The normalized spacial score (nSPS) is 16.2. The fraction of sp³-hybridized carbons (Fsp3) is 0.316. The van der Waals surface area contributed by atoms with Crippen LogP contribution in [0.4, 0.5) is 14.5 Å². The first-order valence-electron chi connectivity index (χ1n) is 8.63. The lowest BCUT2D eigenvalue weighted by Crippen LogP contribution is -2.41. The zero-order valence-electron chi connectivity index (χ0n) is 14.6. The molecule has 1 aliphatic rings. The van der Waals surface area contributed by atoms with E-state index in [0.717, 1.165) is 17.7 Å². The van der Waals surface area contributed by atoms with Crippen LogP contribution in [0.3, 0.4) is 0 Å². The molecule has 3 rings (SSSR count). The van der Waals surface area contributed by atoms with Gasteiger partial charge in [0.1, 0.15) is 0 Å². The number of carbonyl (C=O) groups excluding carboxylic acids is 1. The van der Waals surface area contributed by atoms with Crippen LogP contribution < -0.4 is 5.32 Å². The molecule has 0 aliphatic carbocycles. The van der Waals surface area contributed by atoms with E-state index in [1.165, 1.54) is 10.4 Å². The molecule has 1 aliphatic heterocycles. The van der Waals surface area contributed by atoms with E-state index >= 15 is 0 Å². The number of rotatable bonds is 5. The van der Waals surface area contributed by atoms with Crippen LogP contribution in [0.2, 0.25) is 0 Å². The zero-order chi connectivity index (χ0) is 19.4. The van der Waals surface area contributed by atoms with Crippen LogP contribution in [0.15, 0.2) is 48.5 Å². The number of amides is 1. The molecule has 1 heterocycles. The summed E-state index contributed by atoms with van der Waals surface area (Å²) < 4.78 is 52.7. The Kier molecular flexibility index (Phi) is 5.86. The monoisotopic (exact) mass is 394 g/mol. The van der Waals surface area contributed by atoms with Gasteiger partial charge in [-0.3, -0.25) is 4.79 Å². The number of carbonyl (C=O) groups is 1. The fourth-order valence-corrected chi connectivity index (χ4v) is 4.65. The summed E-state index contributed by atoms with van der Waals surface area (Å²) in [7, 11) is -3.44. The van der Waals surface area contributed by atoms with Crippen LogP contribution in [0, 0.1) is 17.6 Å². The lowest BCUT2D eigenvalue weighted by molar-refractivity contribution is -0.120. The van der Waals surface area contributed by atoms with Crippen molar-refractivity contribution in [3.8, 4) is 0 Å². The minimum atomic E-state index is -3.44. The van der Waals surface area contributed by atoms with E-state index < -0.39 is 21.7 Å². The molecule has 0 saturated carbocycles. The molecule has 0 bridgehead atoms. The maximum Gasteiger partial charge on any atom is 0.227 e. The van der Waals surface area contributed by atoms with Crippen molar-refractivity contribution < 1.29 is 22.0 Å². The van der Waals surface area contributed by atoms with Gasteiger partial charge < -0.3 is 5.32 Å². The summed E-state index contributed by atoms with van der Waals surface area (Å²) in [6, 6.07) is 12.1. The summed E-state index contributed by atoms with van der Waals surface area (Å²) in [5, 5.41) is 2.56. The minimum Gasteiger partial charge on any atom is -0.326 e. The first kappa shape index (κ1) is 19.4. The van der Waals surface area contributed by atoms with Gasteiger partial charge in [-0.1, -0.05) is 30.3 Å².